The van der Waals surface area contributed by atoms with Crippen molar-refractivity contribution in [3.05, 3.63) is 77.3 Å². The minimum atomic E-state index is -1.00. The van der Waals surface area contributed by atoms with E-state index in [1.807, 2.05) is 0 Å². The Morgan fingerprint density at radius 2 is 1.65 bits per heavy atom. The highest BCUT2D eigenvalue weighted by Gasteiger charge is 2.39. The predicted molar refractivity (Wildman–Crippen MR) is 192 cm³/mol. The van der Waals surface area contributed by atoms with Gasteiger partial charge in [0.05, 0.1) is 44.2 Å². The molecule has 0 saturated carbocycles. The molecule has 4 amide bonds. The Kier molecular flexibility index (Phi) is 11.3. The van der Waals surface area contributed by atoms with Crippen molar-refractivity contribution < 1.29 is 42.5 Å². The summed E-state index contributed by atoms with van der Waals surface area (Å²) in [5, 5.41) is 5.63. The largest absolute Gasteiger partial charge is 0.495 e. The van der Waals surface area contributed by atoms with E-state index in [1.54, 1.807) is 31.5 Å². The van der Waals surface area contributed by atoms with E-state index in [0.717, 1.165) is 38.3 Å². The van der Waals surface area contributed by atoms with Crippen LogP contribution in [0.4, 0.5) is 20.6 Å². The monoisotopic (exact) mass is 733 g/mol. The average Bonchev–Trinajstić information content (AvgIpc) is 3.14. The van der Waals surface area contributed by atoms with Crippen LogP contribution < -0.4 is 39.2 Å². The number of ether oxygens (including phenoxy) is 5. The number of benzene rings is 3. The lowest BCUT2D eigenvalue weighted by molar-refractivity contribution is -0.122. The summed E-state index contributed by atoms with van der Waals surface area (Å²) in [5.74, 6) is -1.10. The lowest BCUT2D eigenvalue weighted by Gasteiger charge is -2.28. The van der Waals surface area contributed by atoms with Gasteiger partial charge in [-0.2, -0.15) is 0 Å². The van der Waals surface area contributed by atoms with Gasteiger partial charge in [-0.3, -0.25) is 19.9 Å². The smallest absolute Gasteiger partial charge is 0.336 e. The number of imide groups is 2. The van der Waals surface area contributed by atoms with Crippen LogP contribution in [0.5, 0.6) is 34.5 Å². The van der Waals surface area contributed by atoms with Crippen molar-refractivity contribution in [1.82, 2.24) is 15.2 Å². The van der Waals surface area contributed by atoms with Crippen molar-refractivity contribution in [3.63, 3.8) is 0 Å². The van der Waals surface area contributed by atoms with Gasteiger partial charge in [-0.15, -0.1) is 0 Å². The zero-order valence-electron chi connectivity index (χ0n) is 28.8. The van der Waals surface area contributed by atoms with Crippen molar-refractivity contribution in [3.8, 4) is 34.5 Å². The summed E-state index contributed by atoms with van der Waals surface area (Å²) in [6.45, 7) is 3.76. The summed E-state index contributed by atoms with van der Waals surface area (Å²) < 4.78 is 43.6. The first-order valence-electron chi connectivity index (χ1n) is 16.6. The molecule has 2 saturated heterocycles. The molecule has 13 nitrogen and oxygen atoms in total. The van der Waals surface area contributed by atoms with Crippen LogP contribution in [-0.4, -0.2) is 75.3 Å². The van der Waals surface area contributed by atoms with Crippen LogP contribution in [0.1, 0.15) is 25.7 Å². The van der Waals surface area contributed by atoms with Gasteiger partial charge in [0.15, 0.2) is 23.1 Å². The number of nitrogens with zero attached hydrogens (tertiary/aromatic N) is 3. The second kappa shape index (κ2) is 16.2. The number of rotatable bonds is 13. The SMILES string of the molecule is COc1cc(N2C(=O)NC(=O)/C(=C\Nc3ccc(Oc4ccnc5cc(OCCCN6CCCCC6)c(OC)cc45)c(F)c3)C2=O)c(OC)cc1Cl. The molecule has 0 unspecified atom stereocenters. The van der Waals surface area contributed by atoms with E-state index in [0.29, 0.717) is 39.7 Å². The van der Waals surface area contributed by atoms with E-state index < -0.39 is 29.2 Å². The van der Waals surface area contributed by atoms with Gasteiger partial charge in [-0.25, -0.2) is 14.1 Å². The number of hydrogen-bond acceptors (Lipinski definition) is 11. The quantitative estimate of drug-likeness (QED) is 0.0864. The first-order chi connectivity index (χ1) is 25.2. The van der Waals surface area contributed by atoms with Crippen LogP contribution in [0.3, 0.4) is 0 Å². The molecule has 4 aromatic rings. The van der Waals surface area contributed by atoms with Crippen molar-refractivity contribution in [2.24, 2.45) is 0 Å². The molecule has 3 aromatic carbocycles. The number of urea groups is 1. The fourth-order valence-electron chi connectivity index (χ4n) is 5.99. The normalized spacial score (nSPS) is 15.8. The first kappa shape index (κ1) is 36.2. The third-order valence-corrected chi connectivity index (χ3v) is 8.94. The highest BCUT2D eigenvalue weighted by molar-refractivity contribution is 6.38. The van der Waals surface area contributed by atoms with Gasteiger partial charge in [0.2, 0.25) is 0 Å². The third kappa shape index (κ3) is 7.82. The van der Waals surface area contributed by atoms with E-state index >= 15 is 4.39 Å². The lowest BCUT2D eigenvalue weighted by atomic mass is 10.1. The van der Waals surface area contributed by atoms with E-state index in [4.69, 9.17) is 35.3 Å². The molecule has 0 spiro atoms. The number of barbiturate groups is 1. The number of anilines is 2. The maximum Gasteiger partial charge on any atom is 0.336 e. The topological polar surface area (TPSA) is 141 Å². The molecule has 15 heteroatoms. The predicted octanol–water partition coefficient (Wildman–Crippen LogP) is 6.68. The van der Waals surface area contributed by atoms with E-state index in [1.165, 1.54) is 57.7 Å². The number of fused-ring (bicyclic) bond motifs is 1. The number of carbonyl (C=O) groups is 3. The van der Waals surface area contributed by atoms with Crippen molar-refractivity contribution in [2.75, 3.05) is 57.8 Å². The molecule has 3 heterocycles. The van der Waals surface area contributed by atoms with Gasteiger partial charge < -0.3 is 33.9 Å². The van der Waals surface area contributed by atoms with Gasteiger partial charge >= 0.3 is 6.03 Å². The zero-order valence-corrected chi connectivity index (χ0v) is 29.5. The minimum absolute atomic E-state index is 0.00886. The highest BCUT2D eigenvalue weighted by Crippen LogP contribution is 2.40. The standard InChI is InChI=1S/C37H37ClFN5O8/c1-48-31-20-28(32(49-2)18-25(31)38)44-36(46)24(35(45)42-37(44)47)21-41-22-8-9-30(26(39)16-22)52-29-10-11-40-27-19-34(33(50-3)17-23(27)29)51-15-7-14-43-12-5-4-6-13-43/h8-11,16-21,41H,4-7,12-15H2,1-3H3,(H,42,45,47)/b24-21+. The van der Waals surface area contributed by atoms with Gasteiger partial charge in [-0.05, 0) is 56.6 Å². The van der Waals surface area contributed by atoms with Crippen LogP contribution in [0.25, 0.3) is 10.9 Å². The zero-order chi connectivity index (χ0) is 36.8. The third-order valence-electron chi connectivity index (χ3n) is 8.64. The summed E-state index contributed by atoms with van der Waals surface area (Å²) in [4.78, 5) is 46.5. The fraction of sp³-hybridized carbons (Fsp3) is 0.297. The molecular formula is C37H37ClFN5O8. The Bertz CT molecular complexity index is 2040. The van der Waals surface area contributed by atoms with Crippen LogP contribution in [0, 0.1) is 5.82 Å². The summed E-state index contributed by atoms with van der Waals surface area (Å²) >= 11 is 6.18. The van der Waals surface area contributed by atoms with E-state index in [-0.39, 0.29) is 33.6 Å². The number of likely N-dealkylation sites (tertiary alicyclic amines) is 1. The molecular weight excluding hydrogens is 697 g/mol. The Balaban J connectivity index is 1.16. The second-order valence-electron chi connectivity index (χ2n) is 11.9. The first-order valence-corrected chi connectivity index (χ1v) is 17.0. The molecule has 0 atom stereocenters. The molecule has 0 aliphatic carbocycles. The number of aromatic nitrogens is 1. The Hall–Kier alpha value is -5.60. The molecule has 2 N–H and O–H groups in total. The fourth-order valence-corrected chi connectivity index (χ4v) is 6.22. The summed E-state index contributed by atoms with van der Waals surface area (Å²) in [7, 11) is 4.24. The molecule has 2 aliphatic heterocycles. The number of halogens is 2. The molecule has 1 aromatic heterocycles. The number of nitrogens with one attached hydrogen (secondary N) is 2. The van der Waals surface area contributed by atoms with Crippen LogP contribution in [-0.2, 0) is 9.59 Å². The summed E-state index contributed by atoms with van der Waals surface area (Å²) in [5.41, 5.74) is 0.326. The number of pyridine rings is 1. The molecule has 0 bridgehead atoms. The summed E-state index contributed by atoms with van der Waals surface area (Å²) in [6.07, 6.45) is 7.29. The molecule has 0 radical (unpaired) electrons. The van der Waals surface area contributed by atoms with Crippen LogP contribution >= 0.6 is 11.6 Å². The van der Waals surface area contributed by atoms with Crippen molar-refractivity contribution in [1.29, 1.82) is 0 Å². The van der Waals surface area contributed by atoms with Crippen molar-refractivity contribution in [2.45, 2.75) is 25.7 Å². The average molecular weight is 734 g/mol. The number of hydrogen-bond donors (Lipinski definition) is 2. The van der Waals surface area contributed by atoms with Crippen LogP contribution in [0.15, 0.2) is 66.5 Å². The maximum atomic E-state index is 15.4. The number of piperidine rings is 1. The molecule has 272 valence electrons. The second-order valence-corrected chi connectivity index (χ2v) is 12.3. The summed E-state index contributed by atoms with van der Waals surface area (Å²) in [6, 6.07) is 10.9. The number of methoxy groups -OCH3 is 3. The minimum Gasteiger partial charge on any atom is -0.495 e. The van der Waals surface area contributed by atoms with Gasteiger partial charge in [0, 0.05) is 54.3 Å². The van der Waals surface area contributed by atoms with E-state index in [2.05, 4.69) is 20.5 Å². The van der Waals surface area contributed by atoms with Crippen LogP contribution in [0.2, 0.25) is 5.02 Å². The Morgan fingerprint density at radius 3 is 2.38 bits per heavy atom. The van der Waals surface area contributed by atoms with Gasteiger partial charge in [0.1, 0.15) is 22.8 Å². The Labute approximate surface area is 304 Å². The Morgan fingerprint density at radius 1 is 0.885 bits per heavy atom. The highest BCUT2D eigenvalue weighted by atomic mass is 35.5. The van der Waals surface area contributed by atoms with Crippen molar-refractivity contribution >= 4 is 51.7 Å². The molecule has 6 rings (SSSR count). The number of carbonyl (C=O) groups excluding carboxylic acids is 3. The van der Waals surface area contributed by atoms with E-state index in [9.17, 15) is 14.4 Å². The maximum absolute atomic E-state index is 15.4. The van der Waals surface area contributed by atoms with Gasteiger partial charge in [-0.1, -0.05) is 18.0 Å². The molecule has 2 fully saturated rings. The molecule has 2 aliphatic rings. The lowest BCUT2D eigenvalue weighted by Crippen LogP contribution is -2.54. The molecule has 52 heavy (non-hydrogen) atoms. The number of amides is 4. The van der Waals surface area contributed by atoms with Gasteiger partial charge in [0.25, 0.3) is 11.8 Å².